The van der Waals surface area contributed by atoms with Crippen molar-refractivity contribution in [3.63, 3.8) is 0 Å². The van der Waals surface area contributed by atoms with Crippen LogP contribution in [-0.4, -0.2) is 0 Å². The van der Waals surface area contributed by atoms with Crippen molar-refractivity contribution in [2.45, 2.75) is 124 Å². The van der Waals surface area contributed by atoms with E-state index in [9.17, 15) is 0 Å². The Balaban J connectivity index is 2.27. The molecule has 0 nitrogen and oxygen atoms in total. The fourth-order valence-electron chi connectivity index (χ4n) is 4.40. The van der Waals surface area contributed by atoms with Crippen molar-refractivity contribution in [1.29, 1.82) is 0 Å². The van der Waals surface area contributed by atoms with Gasteiger partial charge in [0.2, 0.25) is 0 Å². The third kappa shape index (κ3) is 10.6. The Kier molecular flexibility index (Phi) is 13.1. The molecule has 0 bridgehead atoms. The molecule has 0 fully saturated rings. The molecule has 30 heavy (non-hydrogen) atoms. The number of benzene rings is 1. The molecule has 1 heteroatoms. The van der Waals surface area contributed by atoms with Crippen LogP contribution >= 0.6 is 12.6 Å². The van der Waals surface area contributed by atoms with Gasteiger partial charge in [-0.1, -0.05) is 84.3 Å². The van der Waals surface area contributed by atoms with Crippen molar-refractivity contribution >= 4 is 12.6 Å². The average molecular weight is 431 g/mol. The van der Waals surface area contributed by atoms with Crippen LogP contribution in [0.1, 0.15) is 115 Å². The summed E-state index contributed by atoms with van der Waals surface area (Å²) in [5, 5.41) is 0. The minimum Gasteiger partial charge on any atom is -0.143 e. The third-order valence-corrected chi connectivity index (χ3v) is 7.58. The highest BCUT2D eigenvalue weighted by Crippen LogP contribution is 2.26. The van der Waals surface area contributed by atoms with Gasteiger partial charge in [0.25, 0.3) is 0 Å². The molecule has 0 N–H and O–H groups in total. The van der Waals surface area contributed by atoms with Crippen molar-refractivity contribution in [2.75, 3.05) is 0 Å². The van der Waals surface area contributed by atoms with E-state index in [0.717, 1.165) is 29.1 Å². The van der Waals surface area contributed by atoms with Crippen molar-refractivity contribution in [1.82, 2.24) is 0 Å². The van der Waals surface area contributed by atoms with Gasteiger partial charge in [-0.05, 0) is 93.0 Å². The minimum absolute atomic E-state index is 0.861. The fraction of sp³-hybridized carbons (Fsp3) is 0.724. The molecule has 1 rings (SSSR count). The summed E-state index contributed by atoms with van der Waals surface area (Å²) in [6.45, 7) is 18.5. The first-order valence-corrected chi connectivity index (χ1v) is 13.0. The van der Waals surface area contributed by atoms with Crippen molar-refractivity contribution in [2.24, 2.45) is 17.8 Å². The van der Waals surface area contributed by atoms with Crippen LogP contribution in [-0.2, 0) is 6.42 Å². The lowest BCUT2D eigenvalue weighted by molar-refractivity contribution is 0.389. The highest BCUT2D eigenvalue weighted by Gasteiger charge is 2.08. The smallest absolute Gasteiger partial charge is 0.00749 e. The predicted octanol–water partition coefficient (Wildman–Crippen LogP) is 9.83. The highest BCUT2D eigenvalue weighted by molar-refractivity contribution is 7.80. The Morgan fingerprint density at radius 2 is 1.33 bits per heavy atom. The van der Waals surface area contributed by atoms with E-state index in [4.69, 9.17) is 0 Å². The number of rotatable bonds is 14. The van der Waals surface area contributed by atoms with E-state index >= 15 is 0 Å². The summed E-state index contributed by atoms with van der Waals surface area (Å²) in [6.07, 6.45) is 15.9. The monoisotopic (exact) mass is 430 g/mol. The summed E-state index contributed by atoms with van der Waals surface area (Å²) in [7, 11) is 0. The molecular weight excluding hydrogens is 380 g/mol. The van der Waals surface area contributed by atoms with Gasteiger partial charge in [0.1, 0.15) is 0 Å². The lowest BCUT2D eigenvalue weighted by Gasteiger charge is -2.15. The first-order valence-electron chi connectivity index (χ1n) is 12.6. The van der Waals surface area contributed by atoms with E-state index in [-0.39, 0.29) is 0 Å². The van der Waals surface area contributed by atoms with Crippen LogP contribution in [0.4, 0.5) is 0 Å². The molecule has 0 radical (unpaired) electrons. The standard InChI is InChI=1S/C29H50S/c1-21(2)12-9-13-22(3)14-10-15-23(4)16-11-17-24(5)18-19-28-20-29(30)27(8)25(6)26(28)7/h18,20-23,30H,9-17,19H2,1-8H3/b24-18+/t22-,23-/m1/s1. The Hall–Kier alpha value is -0.690. The van der Waals surface area contributed by atoms with Gasteiger partial charge in [0, 0.05) is 4.90 Å². The summed E-state index contributed by atoms with van der Waals surface area (Å²) < 4.78 is 0. The Morgan fingerprint density at radius 3 is 1.90 bits per heavy atom. The molecule has 0 unspecified atom stereocenters. The minimum atomic E-state index is 0.861. The van der Waals surface area contributed by atoms with Crippen LogP contribution in [0.5, 0.6) is 0 Å². The van der Waals surface area contributed by atoms with E-state index in [0.29, 0.717) is 0 Å². The van der Waals surface area contributed by atoms with E-state index in [2.05, 4.69) is 80.2 Å². The molecule has 2 atom stereocenters. The third-order valence-electron chi connectivity index (χ3n) is 7.11. The van der Waals surface area contributed by atoms with Crippen LogP contribution in [0.25, 0.3) is 0 Å². The van der Waals surface area contributed by atoms with Gasteiger partial charge in [-0.3, -0.25) is 0 Å². The predicted molar refractivity (Wildman–Crippen MR) is 140 cm³/mol. The summed E-state index contributed by atoms with van der Waals surface area (Å²) in [4.78, 5) is 1.13. The normalized spacial score (nSPS) is 14.4. The molecule has 0 saturated heterocycles. The molecule has 0 heterocycles. The summed E-state index contributed by atoms with van der Waals surface area (Å²) in [5.41, 5.74) is 7.12. The molecular formula is C29H50S. The molecule has 0 aliphatic carbocycles. The maximum Gasteiger partial charge on any atom is 0.00749 e. The first kappa shape index (κ1) is 27.3. The summed E-state index contributed by atoms with van der Waals surface area (Å²) >= 11 is 4.65. The number of hydrogen-bond acceptors (Lipinski definition) is 1. The number of hydrogen-bond donors (Lipinski definition) is 1. The average Bonchev–Trinajstić information content (AvgIpc) is 2.67. The molecule has 0 aromatic heterocycles. The topological polar surface area (TPSA) is 0 Å². The van der Waals surface area contributed by atoms with Crippen LogP contribution in [0.15, 0.2) is 22.6 Å². The zero-order chi connectivity index (χ0) is 22.7. The van der Waals surface area contributed by atoms with Gasteiger partial charge < -0.3 is 0 Å². The SMILES string of the molecule is C/C(=C\Cc1cc(S)c(C)c(C)c1C)CCC[C@H](C)CCC[C@H](C)CCCC(C)C. The quantitative estimate of drug-likeness (QED) is 0.220. The molecule has 0 aliphatic rings. The van der Waals surface area contributed by atoms with Crippen LogP contribution in [0, 0.1) is 38.5 Å². The van der Waals surface area contributed by atoms with Crippen molar-refractivity contribution < 1.29 is 0 Å². The maximum absolute atomic E-state index is 4.65. The second-order valence-electron chi connectivity index (χ2n) is 10.5. The van der Waals surface area contributed by atoms with Crippen LogP contribution < -0.4 is 0 Å². The van der Waals surface area contributed by atoms with Crippen molar-refractivity contribution in [3.05, 3.63) is 40.0 Å². The van der Waals surface area contributed by atoms with Gasteiger partial charge in [-0.25, -0.2) is 0 Å². The van der Waals surface area contributed by atoms with Gasteiger partial charge in [-0.2, -0.15) is 0 Å². The Bertz CT molecular complexity index is 653. The molecule has 0 saturated carbocycles. The molecule has 1 aromatic carbocycles. The Morgan fingerprint density at radius 1 is 0.800 bits per heavy atom. The summed E-state index contributed by atoms with van der Waals surface area (Å²) in [6, 6.07) is 2.26. The van der Waals surface area contributed by atoms with E-state index in [1.165, 1.54) is 80.0 Å². The molecule has 0 amide bonds. The number of thiol groups is 1. The van der Waals surface area contributed by atoms with Crippen LogP contribution in [0.3, 0.4) is 0 Å². The molecule has 1 aromatic rings. The van der Waals surface area contributed by atoms with E-state index in [1.807, 2.05) is 0 Å². The zero-order valence-corrected chi connectivity index (χ0v) is 22.3. The largest absolute Gasteiger partial charge is 0.143 e. The zero-order valence-electron chi connectivity index (χ0n) is 21.4. The number of allylic oxidation sites excluding steroid dienone is 2. The van der Waals surface area contributed by atoms with E-state index in [1.54, 1.807) is 5.57 Å². The fourth-order valence-corrected chi connectivity index (χ4v) is 4.72. The van der Waals surface area contributed by atoms with Crippen molar-refractivity contribution in [3.8, 4) is 0 Å². The lowest BCUT2D eigenvalue weighted by Crippen LogP contribution is -2.00. The lowest BCUT2D eigenvalue weighted by atomic mass is 9.91. The molecule has 0 aliphatic heterocycles. The van der Waals surface area contributed by atoms with E-state index < -0.39 is 0 Å². The van der Waals surface area contributed by atoms with Crippen LogP contribution in [0.2, 0.25) is 0 Å². The van der Waals surface area contributed by atoms with Gasteiger partial charge in [-0.15, -0.1) is 12.6 Å². The second-order valence-corrected chi connectivity index (χ2v) is 11.0. The summed E-state index contributed by atoms with van der Waals surface area (Å²) in [5.74, 6) is 2.64. The highest BCUT2D eigenvalue weighted by atomic mass is 32.1. The van der Waals surface area contributed by atoms with Gasteiger partial charge in [0.05, 0.1) is 0 Å². The van der Waals surface area contributed by atoms with Gasteiger partial charge >= 0.3 is 0 Å². The van der Waals surface area contributed by atoms with Gasteiger partial charge in [0.15, 0.2) is 0 Å². The second kappa shape index (κ2) is 14.4. The Labute approximate surface area is 194 Å². The molecule has 0 spiro atoms. The molecule has 172 valence electrons. The maximum atomic E-state index is 4.65. The first-order chi connectivity index (χ1) is 14.1.